The Balaban J connectivity index is 1.28. The lowest BCUT2D eigenvalue weighted by Gasteiger charge is -2.34. The van der Waals surface area contributed by atoms with E-state index in [2.05, 4.69) is 5.32 Å². The van der Waals surface area contributed by atoms with E-state index >= 15 is 0 Å². The van der Waals surface area contributed by atoms with Gasteiger partial charge in [-0.25, -0.2) is 4.79 Å². The number of hydrogen-bond acceptors (Lipinski definition) is 10. The average Bonchev–Trinajstić information content (AvgIpc) is 3.65. The number of benzene rings is 3. The van der Waals surface area contributed by atoms with Gasteiger partial charge >= 0.3 is 11.9 Å². The van der Waals surface area contributed by atoms with Crippen molar-refractivity contribution in [1.29, 1.82) is 0 Å². The summed E-state index contributed by atoms with van der Waals surface area (Å²) in [6.45, 7) is 4.83. The first-order valence-corrected chi connectivity index (χ1v) is 18.4. The molecule has 0 bridgehead atoms. The minimum atomic E-state index is -0.993. The fourth-order valence-electron chi connectivity index (χ4n) is 6.50. The third kappa shape index (κ3) is 11.6. The molecular weight excluding hydrogens is 704 g/mol. The van der Waals surface area contributed by atoms with Gasteiger partial charge in [-0.3, -0.25) is 14.4 Å². The normalized spacial score (nSPS) is 19.1. The molecule has 5 unspecified atom stereocenters. The van der Waals surface area contributed by atoms with Crippen molar-refractivity contribution in [2.75, 3.05) is 20.4 Å². The molecule has 1 aliphatic heterocycles. The van der Waals surface area contributed by atoms with Crippen LogP contribution in [0.3, 0.4) is 0 Å². The van der Waals surface area contributed by atoms with E-state index in [9.17, 15) is 29.4 Å². The lowest BCUT2D eigenvalue weighted by Crippen LogP contribution is -2.53. The lowest BCUT2D eigenvalue weighted by atomic mass is 9.90. The molecule has 3 aromatic carbocycles. The molecule has 0 radical (unpaired) electrons. The molecule has 0 aromatic heterocycles. The van der Waals surface area contributed by atoms with Crippen molar-refractivity contribution < 1.29 is 48.3 Å². The average molecular weight is 755 g/mol. The van der Waals surface area contributed by atoms with Gasteiger partial charge in [-0.15, -0.1) is 0 Å². The van der Waals surface area contributed by atoms with Crippen molar-refractivity contribution in [2.24, 2.45) is 0 Å². The van der Waals surface area contributed by atoms with Gasteiger partial charge in [0, 0.05) is 31.9 Å². The van der Waals surface area contributed by atoms with Crippen LogP contribution in [0.1, 0.15) is 67.1 Å². The van der Waals surface area contributed by atoms with Crippen molar-refractivity contribution in [3.05, 3.63) is 119 Å². The standard InChI is InChI=1S/C43H50N2O10/c1-43(2,3)55-38(48)21-20-33(26-46)44-40(49)34(23-29-12-6-5-7-13-29)45(4)41(50)32-24-36-39(53-27-52-36)37(25-32)54-42(51)31-18-11-15-28(22-31)14-10-17-30-16-8-9-19-35(30)47/h5-16,18-19,22,24,33-34,36-37,39,46-47H,17,20-21,23,25-27H2,1-4H3,(H,44,49). The van der Waals surface area contributed by atoms with Crippen LogP contribution < -0.4 is 5.32 Å². The number of aliphatic hydroxyl groups is 1. The smallest absolute Gasteiger partial charge is 0.338 e. The summed E-state index contributed by atoms with van der Waals surface area (Å²) in [5.41, 5.74) is 2.29. The van der Waals surface area contributed by atoms with Crippen LogP contribution >= 0.6 is 0 Å². The molecule has 0 spiro atoms. The zero-order valence-electron chi connectivity index (χ0n) is 31.7. The Morgan fingerprint density at radius 2 is 1.75 bits per heavy atom. The fraction of sp³-hybridized carbons (Fsp3) is 0.395. The Hall–Kier alpha value is -5.30. The number of aromatic hydroxyl groups is 1. The molecule has 1 saturated heterocycles. The number of aliphatic hydroxyl groups excluding tert-OH is 1. The van der Waals surface area contributed by atoms with Crippen LogP contribution in [0.25, 0.3) is 6.08 Å². The topological polar surface area (TPSA) is 161 Å². The van der Waals surface area contributed by atoms with E-state index in [0.717, 1.165) is 16.7 Å². The highest BCUT2D eigenvalue weighted by Gasteiger charge is 2.44. The van der Waals surface area contributed by atoms with E-state index in [1.54, 1.807) is 57.2 Å². The van der Waals surface area contributed by atoms with Gasteiger partial charge < -0.3 is 39.4 Å². The molecular formula is C43H50N2O10. The number of allylic oxidation sites excluding steroid dienone is 1. The molecule has 3 aromatic rings. The Morgan fingerprint density at radius 3 is 2.47 bits per heavy atom. The summed E-state index contributed by atoms with van der Waals surface area (Å²) < 4.78 is 22.9. The van der Waals surface area contributed by atoms with E-state index < -0.39 is 66.4 Å². The first-order valence-electron chi connectivity index (χ1n) is 18.4. The molecule has 1 aliphatic carbocycles. The number of carbonyl (C=O) groups is 4. The maximum Gasteiger partial charge on any atom is 0.338 e. The van der Waals surface area contributed by atoms with Crippen LogP contribution in [0.2, 0.25) is 0 Å². The SMILES string of the molecule is CN(C(=O)C1=CC2OCOC2C(OC(=O)c2cccc(C=CCc3ccccc3O)c2)C1)C(Cc1ccccc1)C(=O)NC(CO)CCC(=O)OC(C)(C)C. The molecule has 12 nitrogen and oxygen atoms in total. The van der Waals surface area contributed by atoms with Crippen LogP contribution in [0.5, 0.6) is 5.75 Å². The number of para-hydroxylation sites is 1. The molecule has 0 saturated carbocycles. The highest BCUT2D eigenvalue weighted by Crippen LogP contribution is 2.32. The van der Waals surface area contributed by atoms with E-state index in [-0.39, 0.29) is 38.2 Å². The summed E-state index contributed by atoms with van der Waals surface area (Å²) in [6, 6.07) is 21.5. The first kappa shape index (κ1) is 40.9. The number of likely N-dealkylation sites (N-methyl/N-ethyl adjacent to an activating group) is 1. The van der Waals surface area contributed by atoms with Gasteiger partial charge in [-0.1, -0.05) is 72.8 Å². The predicted molar refractivity (Wildman–Crippen MR) is 205 cm³/mol. The minimum absolute atomic E-state index is 0.0147. The van der Waals surface area contributed by atoms with Crippen molar-refractivity contribution in [3.8, 4) is 5.75 Å². The second-order valence-corrected chi connectivity index (χ2v) is 14.7. The number of phenolic OH excluding ortho intramolecular Hbond substituents is 1. The van der Waals surface area contributed by atoms with Crippen LogP contribution in [-0.4, -0.2) is 95.3 Å². The number of carbonyl (C=O) groups excluding carboxylic acids is 4. The third-order valence-electron chi connectivity index (χ3n) is 9.34. The van der Waals surface area contributed by atoms with Gasteiger partial charge in [0.25, 0.3) is 0 Å². The van der Waals surface area contributed by atoms with Crippen LogP contribution in [0, 0.1) is 0 Å². The maximum atomic E-state index is 14.2. The van der Waals surface area contributed by atoms with Gasteiger partial charge in [-0.2, -0.15) is 0 Å². The highest BCUT2D eigenvalue weighted by atomic mass is 16.7. The summed E-state index contributed by atoms with van der Waals surface area (Å²) in [6.07, 6.45) is 4.09. The molecule has 5 rings (SSSR count). The number of esters is 2. The van der Waals surface area contributed by atoms with Crippen molar-refractivity contribution in [3.63, 3.8) is 0 Å². The van der Waals surface area contributed by atoms with E-state index in [1.165, 1.54) is 11.9 Å². The van der Waals surface area contributed by atoms with Gasteiger partial charge in [0.15, 0.2) is 0 Å². The Bertz CT molecular complexity index is 1870. The Labute approximate surface area is 321 Å². The first-order chi connectivity index (χ1) is 26.3. The van der Waals surface area contributed by atoms with Gasteiger partial charge in [0.05, 0.1) is 18.2 Å². The fourth-order valence-corrected chi connectivity index (χ4v) is 6.50. The van der Waals surface area contributed by atoms with E-state index in [1.807, 2.05) is 60.7 Å². The number of fused-ring (bicyclic) bond motifs is 1. The summed E-state index contributed by atoms with van der Waals surface area (Å²) in [5, 5.41) is 23.0. The molecule has 2 amide bonds. The predicted octanol–water partition coefficient (Wildman–Crippen LogP) is 4.91. The van der Waals surface area contributed by atoms with Crippen molar-refractivity contribution in [1.82, 2.24) is 10.2 Å². The molecule has 5 atom stereocenters. The number of amides is 2. The summed E-state index contributed by atoms with van der Waals surface area (Å²) >= 11 is 0. The second-order valence-electron chi connectivity index (χ2n) is 14.7. The Kier molecular flexibility index (Phi) is 14.0. The number of nitrogens with zero attached hydrogens (tertiary/aromatic N) is 1. The summed E-state index contributed by atoms with van der Waals surface area (Å²) in [7, 11) is 1.53. The number of rotatable bonds is 15. The van der Waals surface area contributed by atoms with Crippen LogP contribution in [0.15, 0.2) is 96.6 Å². The van der Waals surface area contributed by atoms with Crippen molar-refractivity contribution >= 4 is 29.8 Å². The number of phenols is 1. The van der Waals surface area contributed by atoms with Crippen LogP contribution in [-0.2, 0) is 46.2 Å². The Morgan fingerprint density at radius 1 is 1.00 bits per heavy atom. The summed E-state index contributed by atoms with van der Waals surface area (Å²) in [4.78, 5) is 55.3. The van der Waals surface area contributed by atoms with Gasteiger partial charge in [0.1, 0.15) is 42.5 Å². The largest absolute Gasteiger partial charge is 0.508 e. The minimum Gasteiger partial charge on any atom is -0.508 e. The molecule has 12 heteroatoms. The molecule has 2 aliphatic rings. The molecule has 292 valence electrons. The molecule has 3 N–H and O–H groups in total. The molecule has 55 heavy (non-hydrogen) atoms. The quantitative estimate of drug-likeness (QED) is 0.182. The van der Waals surface area contributed by atoms with Gasteiger partial charge in [-0.05, 0) is 74.6 Å². The van der Waals surface area contributed by atoms with Crippen molar-refractivity contribution in [2.45, 2.75) is 88.9 Å². The monoisotopic (exact) mass is 754 g/mol. The summed E-state index contributed by atoms with van der Waals surface area (Å²) in [5.74, 6) is -1.80. The zero-order chi connectivity index (χ0) is 39.5. The second kappa shape index (κ2) is 18.8. The number of nitrogens with one attached hydrogen (secondary N) is 1. The highest BCUT2D eigenvalue weighted by molar-refractivity contribution is 5.97. The van der Waals surface area contributed by atoms with Gasteiger partial charge in [0.2, 0.25) is 11.8 Å². The maximum absolute atomic E-state index is 14.2. The van der Waals surface area contributed by atoms with Crippen LogP contribution in [0.4, 0.5) is 0 Å². The number of ether oxygens (including phenoxy) is 4. The number of hydrogen-bond donors (Lipinski definition) is 3. The lowest BCUT2D eigenvalue weighted by molar-refractivity contribution is -0.155. The zero-order valence-corrected chi connectivity index (χ0v) is 31.7. The van der Waals surface area contributed by atoms with E-state index in [4.69, 9.17) is 18.9 Å². The van der Waals surface area contributed by atoms with E-state index in [0.29, 0.717) is 17.6 Å². The molecule has 1 heterocycles. The molecule has 1 fully saturated rings. The third-order valence-corrected chi connectivity index (χ3v) is 9.34.